The Hall–Kier alpha value is -1.84. The summed E-state index contributed by atoms with van der Waals surface area (Å²) in [6, 6.07) is 5.49. The van der Waals surface area contributed by atoms with Crippen molar-refractivity contribution in [3.05, 3.63) is 41.1 Å². The molecule has 2 rings (SSSR count). The Balaban J connectivity index is 2.55. The topological polar surface area (TPSA) is 61.5 Å². The van der Waals surface area contributed by atoms with Crippen LogP contribution in [0.15, 0.2) is 35.4 Å². The van der Waals surface area contributed by atoms with Crippen LogP contribution < -0.4 is 5.69 Å². The molecular formula is C8H7N3O. The molecule has 0 radical (unpaired) electrons. The number of H-pyrrole nitrogens is 2. The number of nitrogens with one attached hydrogen (secondary N) is 2. The summed E-state index contributed by atoms with van der Waals surface area (Å²) in [7, 11) is 0. The summed E-state index contributed by atoms with van der Waals surface area (Å²) in [4.78, 5) is 19.9. The Kier molecular flexibility index (Phi) is 1.51. The van der Waals surface area contributed by atoms with Crippen molar-refractivity contribution >= 4 is 0 Å². The van der Waals surface area contributed by atoms with Crippen LogP contribution in [0.3, 0.4) is 0 Å². The number of nitrogens with zero attached hydrogens (tertiary/aromatic N) is 1. The Morgan fingerprint density at radius 1 is 1.25 bits per heavy atom. The van der Waals surface area contributed by atoms with E-state index in [4.69, 9.17) is 0 Å². The summed E-state index contributed by atoms with van der Waals surface area (Å²) in [5, 5.41) is 0. The summed E-state index contributed by atoms with van der Waals surface area (Å²) in [5.41, 5.74) is 1.30. The lowest BCUT2D eigenvalue weighted by Gasteiger charge is -1.94. The Labute approximate surface area is 68.3 Å². The van der Waals surface area contributed by atoms with Crippen LogP contribution in [0.2, 0.25) is 0 Å². The van der Waals surface area contributed by atoms with Gasteiger partial charge >= 0.3 is 5.69 Å². The van der Waals surface area contributed by atoms with Crippen molar-refractivity contribution in [2.45, 2.75) is 0 Å². The van der Waals surface area contributed by atoms with E-state index in [9.17, 15) is 4.79 Å². The first kappa shape index (κ1) is 6.84. The molecule has 0 spiro atoms. The molecule has 4 heteroatoms. The van der Waals surface area contributed by atoms with Crippen LogP contribution >= 0.6 is 0 Å². The Bertz CT molecular complexity index is 416. The number of aromatic nitrogens is 3. The second kappa shape index (κ2) is 2.65. The maximum Gasteiger partial charge on any atom is 0.345 e. The van der Waals surface area contributed by atoms with Gasteiger partial charge in [0, 0.05) is 12.4 Å². The lowest BCUT2D eigenvalue weighted by atomic mass is 10.3. The molecule has 0 saturated carbocycles. The molecule has 0 atom stereocenters. The summed E-state index contributed by atoms with van der Waals surface area (Å²) in [6.07, 6.45) is 3.28. The smallest absolute Gasteiger partial charge is 0.345 e. The molecule has 0 bridgehead atoms. The van der Waals surface area contributed by atoms with Crippen LogP contribution in [0.25, 0.3) is 11.4 Å². The first-order valence-corrected chi connectivity index (χ1v) is 3.55. The third-order valence-corrected chi connectivity index (χ3v) is 1.56. The quantitative estimate of drug-likeness (QED) is 0.648. The molecule has 0 aliphatic heterocycles. The number of rotatable bonds is 1. The standard InChI is InChI=1S/C8H7N3O/c12-8-10-5-3-7(11-8)6-2-1-4-9-6/h1-5,9H,(H,10,11,12). The molecule has 0 unspecified atom stereocenters. The molecule has 4 nitrogen and oxygen atoms in total. The fraction of sp³-hybridized carbons (Fsp3) is 0. The van der Waals surface area contributed by atoms with E-state index in [-0.39, 0.29) is 5.69 Å². The van der Waals surface area contributed by atoms with E-state index in [2.05, 4.69) is 15.0 Å². The van der Waals surface area contributed by atoms with Gasteiger partial charge in [-0.3, -0.25) is 0 Å². The number of hydrogen-bond acceptors (Lipinski definition) is 2. The minimum atomic E-state index is -0.331. The zero-order valence-electron chi connectivity index (χ0n) is 6.24. The summed E-state index contributed by atoms with van der Waals surface area (Å²) < 4.78 is 0. The molecular weight excluding hydrogens is 154 g/mol. The number of aromatic amines is 2. The highest BCUT2D eigenvalue weighted by molar-refractivity contribution is 5.52. The average molecular weight is 161 g/mol. The van der Waals surface area contributed by atoms with Crippen LogP contribution in [0.1, 0.15) is 0 Å². The molecule has 0 fully saturated rings. The first-order valence-electron chi connectivity index (χ1n) is 3.55. The van der Waals surface area contributed by atoms with Crippen molar-refractivity contribution in [3.63, 3.8) is 0 Å². The molecule has 12 heavy (non-hydrogen) atoms. The molecule has 2 aromatic heterocycles. The summed E-state index contributed by atoms with van der Waals surface area (Å²) in [5.74, 6) is 0. The van der Waals surface area contributed by atoms with E-state index in [1.54, 1.807) is 12.3 Å². The van der Waals surface area contributed by atoms with Gasteiger partial charge in [-0.15, -0.1) is 0 Å². The highest BCUT2D eigenvalue weighted by Crippen LogP contribution is 2.10. The Morgan fingerprint density at radius 2 is 2.17 bits per heavy atom. The normalized spacial score (nSPS) is 10.0. The molecule has 60 valence electrons. The maximum absolute atomic E-state index is 10.8. The third kappa shape index (κ3) is 1.14. The van der Waals surface area contributed by atoms with Gasteiger partial charge in [-0.2, -0.15) is 0 Å². The van der Waals surface area contributed by atoms with Crippen LogP contribution in [0, 0.1) is 0 Å². The summed E-state index contributed by atoms with van der Waals surface area (Å²) in [6.45, 7) is 0. The van der Waals surface area contributed by atoms with E-state index in [1.807, 2.05) is 12.1 Å². The predicted molar refractivity (Wildman–Crippen MR) is 44.6 cm³/mol. The second-order valence-corrected chi connectivity index (χ2v) is 2.37. The fourth-order valence-corrected chi connectivity index (χ4v) is 1.02. The molecule has 2 N–H and O–H groups in total. The maximum atomic E-state index is 10.8. The highest BCUT2D eigenvalue weighted by Gasteiger charge is 1.96. The van der Waals surface area contributed by atoms with Crippen molar-refractivity contribution < 1.29 is 0 Å². The van der Waals surface area contributed by atoms with Crippen LogP contribution in [0.5, 0.6) is 0 Å². The Morgan fingerprint density at radius 3 is 2.83 bits per heavy atom. The number of hydrogen-bond donors (Lipinski definition) is 2. The molecule has 0 aliphatic rings. The lowest BCUT2D eigenvalue weighted by molar-refractivity contribution is 1.07. The molecule has 0 aliphatic carbocycles. The van der Waals surface area contributed by atoms with Gasteiger partial charge < -0.3 is 9.97 Å². The highest BCUT2D eigenvalue weighted by atomic mass is 16.1. The second-order valence-electron chi connectivity index (χ2n) is 2.37. The van der Waals surface area contributed by atoms with E-state index < -0.39 is 0 Å². The molecule has 2 heterocycles. The van der Waals surface area contributed by atoms with Crippen molar-refractivity contribution in [2.24, 2.45) is 0 Å². The van der Waals surface area contributed by atoms with Crippen molar-refractivity contribution in [1.82, 2.24) is 15.0 Å². The van der Waals surface area contributed by atoms with E-state index in [0.717, 1.165) is 11.4 Å². The zero-order valence-corrected chi connectivity index (χ0v) is 6.24. The van der Waals surface area contributed by atoms with Gasteiger partial charge in [0.05, 0.1) is 11.4 Å². The fourth-order valence-electron chi connectivity index (χ4n) is 1.02. The average Bonchev–Trinajstić information content (AvgIpc) is 2.56. The van der Waals surface area contributed by atoms with Crippen molar-refractivity contribution in [3.8, 4) is 11.4 Å². The minimum absolute atomic E-state index is 0.331. The lowest BCUT2D eigenvalue weighted by Crippen LogP contribution is -2.09. The monoisotopic (exact) mass is 161 g/mol. The molecule has 2 aromatic rings. The van der Waals surface area contributed by atoms with Crippen molar-refractivity contribution in [1.29, 1.82) is 0 Å². The van der Waals surface area contributed by atoms with E-state index in [0.29, 0.717) is 0 Å². The van der Waals surface area contributed by atoms with Gasteiger partial charge in [-0.1, -0.05) is 0 Å². The van der Waals surface area contributed by atoms with Gasteiger partial charge in [0.25, 0.3) is 0 Å². The SMILES string of the molecule is O=c1nccc(-c2ccc[nH]2)[nH]1. The van der Waals surface area contributed by atoms with Gasteiger partial charge in [-0.05, 0) is 18.2 Å². The largest absolute Gasteiger partial charge is 0.360 e. The first-order chi connectivity index (χ1) is 5.86. The molecule has 0 amide bonds. The van der Waals surface area contributed by atoms with Gasteiger partial charge in [-0.25, -0.2) is 9.78 Å². The zero-order chi connectivity index (χ0) is 8.39. The predicted octanol–water partition coefficient (Wildman–Crippen LogP) is 0.765. The minimum Gasteiger partial charge on any atom is -0.360 e. The van der Waals surface area contributed by atoms with Gasteiger partial charge in [0.15, 0.2) is 0 Å². The molecule has 0 saturated heterocycles. The van der Waals surface area contributed by atoms with E-state index in [1.165, 1.54) is 6.20 Å². The van der Waals surface area contributed by atoms with Gasteiger partial charge in [0.2, 0.25) is 0 Å². The van der Waals surface area contributed by atoms with E-state index >= 15 is 0 Å². The van der Waals surface area contributed by atoms with Crippen LogP contribution in [-0.2, 0) is 0 Å². The molecule has 0 aromatic carbocycles. The third-order valence-electron chi connectivity index (χ3n) is 1.56. The summed E-state index contributed by atoms with van der Waals surface area (Å²) >= 11 is 0. The van der Waals surface area contributed by atoms with Crippen LogP contribution in [0.4, 0.5) is 0 Å². The van der Waals surface area contributed by atoms with Crippen LogP contribution in [-0.4, -0.2) is 15.0 Å². The van der Waals surface area contributed by atoms with Crippen molar-refractivity contribution in [2.75, 3.05) is 0 Å². The van der Waals surface area contributed by atoms with Gasteiger partial charge in [0.1, 0.15) is 0 Å².